The molecule has 0 spiro atoms. The van der Waals surface area contributed by atoms with Gasteiger partial charge in [-0.2, -0.15) is 0 Å². The van der Waals surface area contributed by atoms with E-state index in [2.05, 4.69) is 31.1 Å². The minimum Gasteiger partial charge on any atom is -0.370 e. The summed E-state index contributed by atoms with van der Waals surface area (Å²) >= 11 is 1.78. The minimum absolute atomic E-state index is 0.276. The molecule has 1 aliphatic rings. The first-order valence-electron chi connectivity index (χ1n) is 5.60. The molecular weight excluding hydrogens is 222 g/mol. The van der Waals surface area contributed by atoms with Gasteiger partial charge in [0.25, 0.3) is 0 Å². The van der Waals surface area contributed by atoms with Crippen molar-refractivity contribution in [3.05, 3.63) is 0 Å². The number of nitrogens with one attached hydrogen (secondary N) is 1. The minimum atomic E-state index is -0.276. The SMILES string of the molecule is CC(C)(C)CC1CN=C(NCCC(N)=O)S1. The predicted molar refractivity (Wildman–Crippen MR) is 69.6 cm³/mol. The molecule has 0 saturated carbocycles. The Morgan fingerprint density at radius 2 is 2.31 bits per heavy atom. The average molecular weight is 243 g/mol. The summed E-state index contributed by atoms with van der Waals surface area (Å²) in [6.07, 6.45) is 1.52. The Kier molecular flexibility index (Phi) is 4.65. The number of aliphatic imine (C=N–C) groups is 1. The number of carbonyl (C=O) groups is 1. The van der Waals surface area contributed by atoms with Crippen LogP contribution in [0.15, 0.2) is 4.99 Å². The third-order valence-electron chi connectivity index (χ3n) is 2.20. The lowest BCUT2D eigenvalue weighted by Gasteiger charge is -2.21. The summed E-state index contributed by atoms with van der Waals surface area (Å²) in [6.45, 7) is 8.19. The number of amidine groups is 1. The van der Waals surface area contributed by atoms with Crippen LogP contribution in [0.1, 0.15) is 33.6 Å². The maximum Gasteiger partial charge on any atom is 0.219 e. The lowest BCUT2D eigenvalue weighted by Crippen LogP contribution is -2.25. The van der Waals surface area contributed by atoms with Gasteiger partial charge < -0.3 is 11.1 Å². The summed E-state index contributed by atoms with van der Waals surface area (Å²) in [5.74, 6) is -0.276. The number of hydrogen-bond acceptors (Lipinski definition) is 4. The number of nitrogens with zero attached hydrogens (tertiary/aromatic N) is 1. The van der Waals surface area contributed by atoms with Crippen molar-refractivity contribution < 1.29 is 4.79 Å². The van der Waals surface area contributed by atoms with E-state index in [0.29, 0.717) is 23.6 Å². The number of hydrogen-bond donors (Lipinski definition) is 2. The van der Waals surface area contributed by atoms with Crippen LogP contribution in [0.4, 0.5) is 0 Å². The van der Waals surface area contributed by atoms with E-state index in [0.717, 1.165) is 18.1 Å². The molecule has 0 saturated heterocycles. The number of carbonyl (C=O) groups excluding carboxylic acids is 1. The van der Waals surface area contributed by atoms with Gasteiger partial charge in [0.15, 0.2) is 5.17 Å². The zero-order valence-electron chi connectivity index (χ0n) is 10.2. The molecule has 4 nitrogen and oxygen atoms in total. The lowest BCUT2D eigenvalue weighted by molar-refractivity contribution is -0.117. The number of amides is 1. The Balaban J connectivity index is 2.21. The van der Waals surface area contributed by atoms with Crippen molar-refractivity contribution in [3.63, 3.8) is 0 Å². The second kappa shape index (κ2) is 5.57. The van der Waals surface area contributed by atoms with Gasteiger partial charge in [0.1, 0.15) is 0 Å². The normalized spacial score (nSPS) is 20.7. The summed E-state index contributed by atoms with van der Waals surface area (Å²) in [7, 11) is 0. The zero-order chi connectivity index (χ0) is 12.2. The third-order valence-corrected chi connectivity index (χ3v) is 3.35. The molecule has 0 bridgehead atoms. The first kappa shape index (κ1) is 13.4. The first-order valence-corrected chi connectivity index (χ1v) is 6.48. The number of thioether (sulfide) groups is 1. The fourth-order valence-corrected chi connectivity index (χ4v) is 2.98. The molecule has 0 aromatic rings. The van der Waals surface area contributed by atoms with Crippen molar-refractivity contribution in [2.24, 2.45) is 16.1 Å². The van der Waals surface area contributed by atoms with Crippen LogP contribution in [-0.4, -0.2) is 29.4 Å². The van der Waals surface area contributed by atoms with E-state index in [1.54, 1.807) is 11.8 Å². The van der Waals surface area contributed by atoms with Crippen molar-refractivity contribution in [1.29, 1.82) is 0 Å². The van der Waals surface area contributed by atoms with Crippen molar-refractivity contribution in [2.45, 2.75) is 38.9 Å². The van der Waals surface area contributed by atoms with Gasteiger partial charge in [-0.15, -0.1) is 0 Å². The molecule has 0 aliphatic carbocycles. The molecule has 0 aromatic carbocycles. The maximum absolute atomic E-state index is 10.6. The van der Waals surface area contributed by atoms with Crippen molar-refractivity contribution in [2.75, 3.05) is 13.1 Å². The van der Waals surface area contributed by atoms with Gasteiger partial charge in [-0.3, -0.25) is 9.79 Å². The smallest absolute Gasteiger partial charge is 0.219 e. The highest BCUT2D eigenvalue weighted by molar-refractivity contribution is 8.14. The van der Waals surface area contributed by atoms with Crippen LogP contribution in [-0.2, 0) is 4.79 Å². The van der Waals surface area contributed by atoms with Crippen molar-refractivity contribution >= 4 is 22.8 Å². The molecular formula is C11H21N3OS. The van der Waals surface area contributed by atoms with Crippen LogP contribution in [0.25, 0.3) is 0 Å². The van der Waals surface area contributed by atoms with E-state index in [1.807, 2.05) is 0 Å². The quantitative estimate of drug-likeness (QED) is 0.783. The van der Waals surface area contributed by atoms with E-state index >= 15 is 0 Å². The molecule has 1 amide bonds. The largest absolute Gasteiger partial charge is 0.370 e. The Morgan fingerprint density at radius 1 is 1.62 bits per heavy atom. The van der Waals surface area contributed by atoms with E-state index in [9.17, 15) is 4.79 Å². The number of nitrogens with two attached hydrogens (primary N) is 1. The summed E-state index contributed by atoms with van der Waals surface area (Å²) in [4.78, 5) is 15.0. The molecule has 1 heterocycles. The van der Waals surface area contributed by atoms with Crippen LogP contribution in [0.2, 0.25) is 0 Å². The summed E-state index contributed by atoms with van der Waals surface area (Å²) in [5.41, 5.74) is 5.41. The molecule has 0 fully saturated rings. The molecule has 1 rings (SSSR count). The van der Waals surface area contributed by atoms with E-state index in [-0.39, 0.29) is 5.91 Å². The van der Waals surface area contributed by atoms with Gasteiger partial charge in [-0.1, -0.05) is 32.5 Å². The molecule has 1 aliphatic heterocycles. The fourth-order valence-electron chi connectivity index (χ4n) is 1.60. The number of primary amides is 1. The van der Waals surface area contributed by atoms with Crippen LogP contribution >= 0.6 is 11.8 Å². The van der Waals surface area contributed by atoms with Gasteiger partial charge >= 0.3 is 0 Å². The van der Waals surface area contributed by atoms with Gasteiger partial charge in [-0.25, -0.2) is 0 Å². The highest BCUT2D eigenvalue weighted by Crippen LogP contribution is 2.31. The second-order valence-corrected chi connectivity index (χ2v) is 6.58. The molecule has 16 heavy (non-hydrogen) atoms. The highest BCUT2D eigenvalue weighted by Gasteiger charge is 2.24. The van der Waals surface area contributed by atoms with Crippen LogP contribution < -0.4 is 11.1 Å². The molecule has 3 N–H and O–H groups in total. The van der Waals surface area contributed by atoms with E-state index in [1.165, 1.54) is 0 Å². The Morgan fingerprint density at radius 3 is 2.88 bits per heavy atom. The van der Waals surface area contributed by atoms with Crippen LogP contribution in [0.5, 0.6) is 0 Å². The Bertz CT molecular complexity index is 283. The van der Waals surface area contributed by atoms with Crippen molar-refractivity contribution in [3.8, 4) is 0 Å². The van der Waals surface area contributed by atoms with E-state index < -0.39 is 0 Å². The molecule has 1 unspecified atom stereocenters. The Labute approximate surface area is 101 Å². The summed E-state index contributed by atoms with van der Waals surface area (Å²) in [6, 6.07) is 0. The standard InChI is InChI=1S/C11H21N3OS/c1-11(2,3)6-8-7-14-10(16-8)13-5-4-9(12)15/h8H,4-7H2,1-3H3,(H2,12,15)(H,13,14). The topological polar surface area (TPSA) is 67.5 Å². The van der Waals surface area contributed by atoms with Gasteiger partial charge in [0.2, 0.25) is 5.91 Å². The molecule has 0 radical (unpaired) electrons. The van der Waals surface area contributed by atoms with E-state index in [4.69, 9.17) is 5.73 Å². The summed E-state index contributed by atoms with van der Waals surface area (Å²) < 4.78 is 0. The fraction of sp³-hybridized carbons (Fsp3) is 0.818. The first-order chi connectivity index (χ1) is 7.37. The van der Waals surface area contributed by atoms with Gasteiger partial charge in [0.05, 0.1) is 6.54 Å². The Hall–Kier alpha value is -0.710. The molecule has 92 valence electrons. The maximum atomic E-state index is 10.6. The monoisotopic (exact) mass is 243 g/mol. The number of rotatable bonds is 4. The molecule has 1 atom stereocenters. The second-order valence-electron chi connectivity index (χ2n) is 5.29. The lowest BCUT2D eigenvalue weighted by atomic mass is 9.90. The molecule has 5 heteroatoms. The van der Waals surface area contributed by atoms with Gasteiger partial charge in [0, 0.05) is 18.2 Å². The summed E-state index contributed by atoms with van der Waals surface area (Å²) in [5, 5.41) is 4.66. The van der Waals surface area contributed by atoms with Crippen LogP contribution in [0, 0.1) is 5.41 Å². The third kappa shape index (κ3) is 5.39. The highest BCUT2D eigenvalue weighted by atomic mass is 32.2. The average Bonchev–Trinajstić information content (AvgIpc) is 2.48. The predicted octanol–water partition coefficient (Wildman–Crippen LogP) is 1.36. The zero-order valence-corrected chi connectivity index (χ0v) is 11.1. The molecule has 0 aromatic heterocycles. The van der Waals surface area contributed by atoms with Crippen LogP contribution in [0.3, 0.4) is 0 Å². The van der Waals surface area contributed by atoms with Crippen molar-refractivity contribution in [1.82, 2.24) is 5.32 Å². The van der Waals surface area contributed by atoms with Gasteiger partial charge in [-0.05, 0) is 11.8 Å².